The van der Waals surface area contributed by atoms with Gasteiger partial charge in [-0.2, -0.15) is 13.2 Å². The van der Waals surface area contributed by atoms with E-state index in [1.165, 1.54) is 13.2 Å². The Labute approximate surface area is 113 Å². The van der Waals surface area contributed by atoms with Crippen LogP contribution < -0.4 is 4.74 Å². The zero-order chi connectivity index (χ0) is 15.2. The van der Waals surface area contributed by atoms with Crippen LogP contribution in [0.3, 0.4) is 0 Å². The maximum atomic E-state index is 12.8. The van der Waals surface area contributed by atoms with Gasteiger partial charge in [0.15, 0.2) is 0 Å². The van der Waals surface area contributed by atoms with Gasteiger partial charge in [0.1, 0.15) is 12.0 Å². The third-order valence-corrected chi connectivity index (χ3v) is 2.46. The van der Waals surface area contributed by atoms with Gasteiger partial charge in [-0.1, -0.05) is 0 Å². The molecule has 0 amide bonds. The lowest BCUT2D eigenvalue weighted by molar-refractivity contribution is -0.141. The first-order chi connectivity index (χ1) is 9.38. The molecule has 0 bridgehead atoms. The summed E-state index contributed by atoms with van der Waals surface area (Å²) in [6.07, 6.45) is -3.99. The van der Waals surface area contributed by atoms with Crippen LogP contribution in [0.5, 0.6) is 5.75 Å². The van der Waals surface area contributed by atoms with Crippen LogP contribution in [0.2, 0.25) is 0 Å². The summed E-state index contributed by atoms with van der Waals surface area (Å²) in [5.41, 5.74) is -1.10. The van der Waals surface area contributed by atoms with Crippen LogP contribution >= 0.6 is 0 Å². The van der Waals surface area contributed by atoms with Crippen LogP contribution in [-0.4, -0.2) is 26.0 Å². The van der Waals surface area contributed by atoms with Crippen LogP contribution in [-0.2, 0) is 15.7 Å². The van der Waals surface area contributed by atoms with Crippen LogP contribution in [0.4, 0.5) is 13.2 Å². The molecule has 0 N–H and O–H groups in total. The molecule has 0 saturated heterocycles. The fourth-order valence-electron chi connectivity index (χ4n) is 1.47. The summed E-state index contributed by atoms with van der Waals surface area (Å²) in [4.78, 5) is 21.3. The van der Waals surface area contributed by atoms with Crippen molar-refractivity contribution in [2.24, 2.45) is 0 Å². The molecule has 0 aliphatic rings. The summed E-state index contributed by atoms with van der Waals surface area (Å²) >= 11 is 0. The SMILES string of the molecule is COC(=O)CCCOc1ccc(C=O)cc1C(F)(F)F. The Morgan fingerprint density at radius 2 is 2.05 bits per heavy atom. The molecular weight excluding hydrogens is 277 g/mol. The van der Waals surface area contributed by atoms with Crippen molar-refractivity contribution in [3.63, 3.8) is 0 Å². The summed E-state index contributed by atoms with van der Waals surface area (Å²) in [6, 6.07) is 3.05. The Morgan fingerprint density at radius 1 is 1.35 bits per heavy atom. The number of methoxy groups -OCH3 is 1. The molecular formula is C13H13F3O4. The maximum absolute atomic E-state index is 12.8. The molecule has 0 saturated carbocycles. The van der Waals surface area contributed by atoms with Crippen molar-refractivity contribution in [2.45, 2.75) is 19.0 Å². The third kappa shape index (κ3) is 4.56. The summed E-state index contributed by atoms with van der Waals surface area (Å²) in [6.45, 7) is -0.0569. The van der Waals surface area contributed by atoms with Crippen LogP contribution in [0, 0.1) is 0 Å². The Morgan fingerprint density at radius 3 is 2.60 bits per heavy atom. The van der Waals surface area contributed by atoms with E-state index in [-0.39, 0.29) is 30.8 Å². The van der Waals surface area contributed by atoms with Crippen LogP contribution in [0.15, 0.2) is 18.2 Å². The molecule has 0 aliphatic heterocycles. The van der Waals surface area contributed by atoms with Gasteiger partial charge in [0.2, 0.25) is 0 Å². The van der Waals surface area contributed by atoms with E-state index in [2.05, 4.69) is 4.74 Å². The molecule has 0 heterocycles. The minimum Gasteiger partial charge on any atom is -0.493 e. The Balaban J connectivity index is 2.74. The lowest BCUT2D eigenvalue weighted by Crippen LogP contribution is -2.11. The highest BCUT2D eigenvalue weighted by Crippen LogP contribution is 2.36. The molecule has 0 atom stereocenters. The van der Waals surface area contributed by atoms with Gasteiger partial charge in [-0.05, 0) is 24.6 Å². The zero-order valence-corrected chi connectivity index (χ0v) is 10.7. The molecule has 7 heteroatoms. The monoisotopic (exact) mass is 290 g/mol. The number of aldehydes is 1. The predicted octanol–water partition coefficient (Wildman–Crippen LogP) is 2.85. The number of benzene rings is 1. The summed E-state index contributed by atoms with van der Waals surface area (Å²) in [5.74, 6) is -0.825. The topological polar surface area (TPSA) is 52.6 Å². The molecule has 0 spiro atoms. The van der Waals surface area contributed by atoms with E-state index < -0.39 is 17.7 Å². The van der Waals surface area contributed by atoms with Gasteiger partial charge in [0.05, 0.1) is 19.3 Å². The lowest BCUT2D eigenvalue weighted by atomic mass is 10.1. The average molecular weight is 290 g/mol. The van der Waals surface area contributed by atoms with Crippen LogP contribution in [0.25, 0.3) is 0 Å². The first kappa shape index (κ1) is 16.0. The first-order valence-corrected chi connectivity index (χ1v) is 5.74. The molecule has 0 unspecified atom stereocenters. The van der Waals surface area contributed by atoms with Gasteiger partial charge in [0.25, 0.3) is 0 Å². The van der Waals surface area contributed by atoms with Crippen LogP contribution in [0.1, 0.15) is 28.8 Å². The van der Waals surface area contributed by atoms with Crippen molar-refractivity contribution in [1.29, 1.82) is 0 Å². The summed E-state index contributed by atoms with van der Waals surface area (Å²) in [5, 5.41) is 0. The van der Waals surface area contributed by atoms with Crippen molar-refractivity contribution in [3.8, 4) is 5.75 Å². The lowest BCUT2D eigenvalue weighted by Gasteiger charge is -2.14. The molecule has 1 aromatic rings. The number of hydrogen-bond donors (Lipinski definition) is 0. The highest BCUT2D eigenvalue weighted by atomic mass is 19.4. The Hall–Kier alpha value is -2.05. The van der Waals surface area contributed by atoms with Crippen molar-refractivity contribution in [2.75, 3.05) is 13.7 Å². The van der Waals surface area contributed by atoms with E-state index in [1.807, 2.05) is 0 Å². The highest BCUT2D eigenvalue weighted by molar-refractivity contribution is 5.75. The number of carbonyl (C=O) groups excluding carboxylic acids is 2. The summed E-state index contributed by atoms with van der Waals surface area (Å²) in [7, 11) is 1.23. The van der Waals surface area contributed by atoms with Crippen molar-refractivity contribution < 1.29 is 32.2 Å². The van der Waals surface area contributed by atoms with E-state index >= 15 is 0 Å². The number of rotatable bonds is 6. The Kier molecular flexibility index (Phi) is 5.54. The Bertz CT molecular complexity index is 483. The second-order valence-electron chi connectivity index (χ2n) is 3.90. The van der Waals surface area contributed by atoms with Gasteiger partial charge in [0, 0.05) is 12.0 Å². The molecule has 4 nitrogen and oxygen atoms in total. The fraction of sp³-hybridized carbons (Fsp3) is 0.385. The molecule has 1 rings (SSSR count). The average Bonchev–Trinajstić information content (AvgIpc) is 2.42. The van der Waals surface area contributed by atoms with Gasteiger partial charge >= 0.3 is 12.1 Å². The fourth-order valence-corrected chi connectivity index (χ4v) is 1.47. The second-order valence-corrected chi connectivity index (χ2v) is 3.90. The summed E-state index contributed by atoms with van der Waals surface area (Å²) < 4.78 is 47.8. The zero-order valence-electron chi connectivity index (χ0n) is 10.7. The van der Waals surface area contributed by atoms with E-state index in [0.717, 1.165) is 12.1 Å². The molecule has 0 aromatic heterocycles. The molecule has 0 fully saturated rings. The van der Waals surface area contributed by atoms with Gasteiger partial charge < -0.3 is 9.47 Å². The number of ether oxygens (including phenoxy) is 2. The van der Waals surface area contributed by atoms with E-state index in [9.17, 15) is 22.8 Å². The van der Waals surface area contributed by atoms with Gasteiger partial charge in [-0.3, -0.25) is 9.59 Å². The predicted molar refractivity (Wildman–Crippen MR) is 63.6 cm³/mol. The largest absolute Gasteiger partial charge is 0.493 e. The first-order valence-electron chi connectivity index (χ1n) is 5.74. The number of hydrogen-bond acceptors (Lipinski definition) is 4. The van der Waals surface area contributed by atoms with Crippen molar-refractivity contribution >= 4 is 12.3 Å². The van der Waals surface area contributed by atoms with Gasteiger partial charge in [-0.25, -0.2) is 0 Å². The van der Waals surface area contributed by atoms with E-state index in [4.69, 9.17) is 4.74 Å². The number of esters is 1. The minimum absolute atomic E-state index is 0.0569. The molecule has 20 heavy (non-hydrogen) atoms. The smallest absolute Gasteiger partial charge is 0.419 e. The molecule has 1 aromatic carbocycles. The molecule has 110 valence electrons. The molecule has 0 radical (unpaired) electrons. The highest BCUT2D eigenvalue weighted by Gasteiger charge is 2.34. The quantitative estimate of drug-likeness (QED) is 0.459. The van der Waals surface area contributed by atoms with Crippen molar-refractivity contribution in [3.05, 3.63) is 29.3 Å². The van der Waals surface area contributed by atoms with Gasteiger partial charge in [-0.15, -0.1) is 0 Å². The normalized spacial score (nSPS) is 11.0. The third-order valence-electron chi connectivity index (χ3n) is 2.46. The number of alkyl halides is 3. The maximum Gasteiger partial charge on any atom is 0.419 e. The number of carbonyl (C=O) groups is 2. The van der Waals surface area contributed by atoms with E-state index in [1.54, 1.807) is 0 Å². The second kappa shape index (κ2) is 6.93. The van der Waals surface area contributed by atoms with Crippen molar-refractivity contribution in [1.82, 2.24) is 0 Å². The standard InChI is InChI=1S/C13H13F3O4/c1-19-12(18)3-2-6-20-11-5-4-9(8-17)7-10(11)13(14,15)16/h4-5,7-8H,2-3,6H2,1H3. The molecule has 0 aliphatic carbocycles. The van der Waals surface area contributed by atoms with E-state index in [0.29, 0.717) is 6.29 Å². The number of halogens is 3. The minimum atomic E-state index is -4.61.